The molecule has 5 N–H and O–H groups in total. The molecule has 3 heterocycles. The van der Waals surface area contributed by atoms with Crippen LogP contribution < -0.4 is 16.0 Å². The second kappa shape index (κ2) is 8.83. The monoisotopic (exact) mass is 457 g/mol. The van der Waals surface area contributed by atoms with Crippen molar-refractivity contribution in [3.63, 3.8) is 0 Å². The minimum atomic E-state index is -0.495. The normalized spacial score (nSPS) is 18.9. The minimum absolute atomic E-state index is 0.207. The minimum Gasteiger partial charge on any atom is -0.391 e. The molecule has 9 heteroatoms. The Bertz CT molecular complexity index is 1190. The number of benzene rings is 1. The van der Waals surface area contributed by atoms with Gasteiger partial charge in [0.25, 0.3) is 5.91 Å². The van der Waals surface area contributed by atoms with Gasteiger partial charge in [0.15, 0.2) is 0 Å². The molecule has 0 unspecified atom stereocenters. The predicted octanol–water partition coefficient (Wildman–Crippen LogP) is 2.52. The van der Waals surface area contributed by atoms with Crippen molar-refractivity contribution in [2.75, 3.05) is 23.7 Å². The van der Waals surface area contributed by atoms with Crippen molar-refractivity contribution in [2.45, 2.75) is 37.2 Å². The average molecular weight is 458 g/mol. The predicted molar refractivity (Wildman–Crippen MR) is 130 cm³/mol. The number of hydrogen-bond acceptors (Lipinski definition) is 8. The highest BCUT2D eigenvalue weighted by molar-refractivity contribution is 6.09. The van der Waals surface area contributed by atoms with Crippen molar-refractivity contribution in [1.82, 2.24) is 20.3 Å². The maximum Gasteiger partial charge on any atom is 0.258 e. The van der Waals surface area contributed by atoms with E-state index in [-0.39, 0.29) is 23.8 Å². The number of pyridine rings is 1. The van der Waals surface area contributed by atoms with Crippen LogP contribution in [0.15, 0.2) is 55.0 Å². The van der Waals surface area contributed by atoms with Crippen molar-refractivity contribution in [3.05, 3.63) is 66.1 Å². The molecule has 9 nitrogen and oxygen atoms in total. The lowest BCUT2D eigenvalue weighted by Crippen LogP contribution is -2.50. The Morgan fingerprint density at radius 2 is 1.79 bits per heavy atom. The lowest BCUT2D eigenvalue weighted by Gasteiger charge is -2.42. The van der Waals surface area contributed by atoms with Crippen molar-refractivity contribution in [2.24, 2.45) is 0 Å². The van der Waals surface area contributed by atoms with Gasteiger partial charge in [0.2, 0.25) is 5.95 Å². The van der Waals surface area contributed by atoms with Gasteiger partial charge in [0.05, 0.1) is 17.1 Å². The molecule has 3 aromatic rings. The van der Waals surface area contributed by atoms with Crippen LogP contribution in [0.1, 0.15) is 41.6 Å². The van der Waals surface area contributed by atoms with Gasteiger partial charge in [-0.05, 0) is 42.5 Å². The van der Waals surface area contributed by atoms with E-state index >= 15 is 0 Å². The van der Waals surface area contributed by atoms with E-state index in [1.165, 1.54) is 6.20 Å². The van der Waals surface area contributed by atoms with Gasteiger partial charge in [-0.2, -0.15) is 0 Å². The number of aliphatic hydroxyl groups excluding tert-OH is 1. The molecule has 1 amide bonds. The molecule has 0 bridgehead atoms. The Morgan fingerprint density at radius 3 is 2.35 bits per heavy atom. The Labute approximate surface area is 197 Å². The van der Waals surface area contributed by atoms with Gasteiger partial charge in [-0.15, -0.1) is 0 Å². The summed E-state index contributed by atoms with van der Waals surface area (Å²) in [5.74, 6) is 0.842. The fraction of sp³-hybridized carbons (Fsp3) is 0.320. The number of carbonyl (C=O) groups is 1. The first-order valence-electron chi connectivity index (χ1n) is 11.4. The Morgan fingerprint density at radius 1 is 1.06 bits per heavy atom. The van der Waals surface area contributed by atoms with Crippen molar-refractivity contribution in [3.8, 4) is 11.1 Å². The summed E-state index contributed by atoms with van der Waals surface area (Å²) in [6.07, 6.45) is 7.91. The number of amidine groups is 1. The number of aromatic nitrogens is 3. The number of nitrogens with one attached hydrogen (secondary N) is 2. The first-order valence-corrected chi connectivity index (χ1v) is 11.4. The summed E-state index contributed by atoms with van der Waals surface area (Å²) in [7, 11) is 0. The summed E-state index contributed by atoms with van der Waals surface area (Å²) < 4.78 is 0. The van der Waals surface area contributed by atoms with E-state index in [0.717, 1.165) is 54.7 Å². The largest absolute Gasteiger partial charge is 0.391 e. The van der Waals surface area contributed by atoms with E-state index < -0.39 is 5.41 Å². The van der Waals surface area contributed by atoms with Crippen LogP contribution in [0.25, 0.3) is 11.1 Å². The highest BCUT2D eigenvalue weighted by atomic mass is 16.3. The number of rotatable bonds is 5. The molecule has 0 radical (unpaired) electrons. The maximum absolute atomic E-state index is 12.9. The third-order valence-corrected chi connectivity index (χ3v) is 6.86. The quantitative estimate of drug-likeness (QED) is 0.341. The molecule has 1 atom stereocenters. The molecular weight excluding hydrogens is 430 g/mol. The lowest BCUT2D eigenvalue weighted by molar-refractivity contribution is 0.0971. The molecule has 0 spiro atoms. The SMILES string of the molecule is N=C(NC(=O)c1ccc(N2CC[C@H](O)C2)nc1)C1(c2ccc(-c3cnc(N)nc3)cc2)CCC1. The van der Waals surface area contributed by atoms with Crippen LogP contribution in [0.4, 0.5) is 11.8 Å². The number of nitrogens with zero attached hydrogens (tertiary/aromatic N) is 4. The van der Waals surface area contributed by atoms with Gasteiger partial charge in [-0.3, -0.25) is 10.2 Å². The average Bonchev–Trinajstić information content (AvgIpc) is 3.26. The van der Waals surface area contributed by atoms with E-state index in [0.29, 0.717) is 12.1 Å². The van der Waals surface area contributed by atoms with Gasteiger partial charge in [-0.1, -0.05) is 30.7 Å². The molecule has 1 saturated carbocycles. The molecule has 2 aromatic heterocycles. The van der Waals surface area contributed by atoms with E-state index in [2.05, 4.69) is 20.3 Å². The summed E-state index contributed by atoms with van der Waals surface area (Å²) in [4.78, 5) is 27.3. The van der Waals surface area contributed by atoms with Gasteiger partial charge >= 0.3 is 0 Å². The smallest absolute Gasteiger partial charge is 0.258 e. The van der Waals surface area contributed by atoms with Crippen LogP contribution >= 0.6 is 0 Å². The van der Waals surface area contributed by atoms with Crippen LogP contribution in [0.3, 0.4) is 0 Å². The number of nitrogen functional groups attached to an aromatic ring is 1. The van der Waals surface area contributed by atoms with E-state index in [4.69, 9.17) is 11.1 Å². The highest BCUT2D eigenvalue weighted by Gasteiger charge is 2.43. The molecule has 2 aliphatic rings. The van der Waals surface area contributed by atoms with Crippen molar-refractivity contribution >= 4 is 23.5 Å². The summed E-state index contributed by atoms with van der Waals surface area (Å²) in [5.41, 5.74) is 8.32. The number of anilines is 2. The molecule has 34 heavy (non-hydrogen) atoms. The number of nitrogens with two attached hydrogens (primary N) is 1. The van der Waals surface area contributed by atoms with Crippen LogP contribution in [-0.4, -0.2) is 51.0 Å². The van der Waals surface area contributed by atoms with Crippen LogP contribution in [0.5, 0.6) is 0 Å². The summed E-state index contributed by atoms with van der Waals surface area (Å²) >= 11 is 0. The first kappa shape index (κ1) is 22.0. The third kappa shape index (κ3) is 4.10. The number of aliphatic hydroxyl groups is 1. The van der Waals surface area contributed by atoms with Crippen molar-refractivity contribution in [1.29, 1.82) is 5.41 Å². The van der Waals surface area contributed by atoms with Gasteiger partial charge < -0.3 is 21.1 Å². The zero-order chi connectivity index (χ0) is 23.7. The molecule has 1 aliphatic carbocycles. The molecule has 1 saturated heterocycles. The lowest BCUT2D eigenvalue weighted by atomic mass is 9.63. The second-order valence-corrected chi connectivity index (χ2v) is 8.97. The Hall–Kier alpha value is -3.85. The topological polar surface area (TPSA) is 141 Å². The number of hydrogen-bond donors (Lipinski definition) is 4. The number of carbonyl (C=O) groups excluding carboxylic acids is 1. The summed E-state index contributed by atoms with van der Waals surface area (Å²) in [6, 6.07) is 11.5. The first-order chi connectivity index (χ1) is 16.4. The molecule has 2 fully saturated rings. The fourth-order valence-electron chi connectivity index (χ4n) is 4.64. The Kier molecular flexibility index (Phi) is 5.70. The van der Waals surface area contributed by atoms with Crippen LogP contribution in [0.2, 0.25) is 0 Å². The zero-order valence-electron chi connectivity index (χ0n) is 18.7. The van der Waals surface area contributed by atoms with E-state index in [1.54, 1.807) is 24.5 Å². The molecule has 5 rings (SSSR count). The van der Waals surface area contributed by atoms with Gasteiger partial charge in [0.1, 0.15) is 11.7 Å². The Balaban J connectivity index is 1.28. The van der Waals surface area contributed by atoms with Gasteiger partial charge in [-0.25, -0.2) is 15.0 Å². The summed E-state index contributed by atoms with van der Waals surface area (Å²) in [5, 5.41) is 21.3. The molecule has 1 aliphatic heterocycles. The highest BCUT2D eigenvalue weighted by Crippen LogP contribution is 2.44. The van der Waals surface area contributed by atoms with Gasteiger partial charge in [0, 0.05) is 37.2 Å². The second-order valence-electron chi connectivity index (χ2n) is 8.97. The number of amides is 1. The standard InChI is InChI=1S/C25H27N7O2/c26-23(31-22(34)17-4-7-21(28-12-17)32-11-8-20(33)15-32)25(9-1-10-25)19-5-2-16(3-6-19)18-13-29-24(27)30-14-18/h2-7,12-14,20,33H,1,8-11,15H2,(H2,26,31,34)(H2,27,29,30)/t20-/m0/s1. The third-order valence-electron chi connectivity index (χ3n) is 6.86. The van der Waals surface area contributed by atoms with E-state index in [9.17, 15) is 9.90 Å². The van der Waals surface area contributed by atoms with Crippen LogP contribution in [-0.2, 0) is 5.41 Å². The molecule has 174 valence electrons. The molecule has 1 aromatic carbocycles. The molecular formula is C25H27N7O2. The summed E-state index contributed by atoms with van der Waals surface area (Å²) in [6.45, 7) is 1.30. The number of β-amino-alcohol motifs (C(OH)–C–C–N with tert-alkyl or cyclic N) is 1. The zero-order valence-corrected chi connectivity index (χ0v) is 18.7. The fourth-order valence-corrected chi connectivity index (χ4v) is 4.64. The van der Waals surface area contributed by atoms with E-state index in [1.807, 2.05) is 29.2 Å². The van der Waals surface area contributed by atoms with Crippen LogP contribution in [0, 0.1) is 5.41 Å². The maximum atomic E-state index is 12.9. The van der Waals surface area contributed by atoms with Crippen molar-refractivity contribution < 1.29 is 9.90 Å².